The Morgan fingerprint density at radius 2 is 1.96 bits per heavy atom. The lowest BCUT2D eigenvalue weighted by molar-refractivity contribution is 0.0976. The van der Waals surface area contributed by atoms with E-state index in [-0.39, 0.29) is 11.4 Å². The van der Waals surface area contributed by atoms with Crippen molar-refractivity contribution in [3.8, 4) is 11.1 Å². The van der Waals surface area contributed by atoms with Crippen molar-refractivity contribution in [2.24, 2.45) is 0 Å². The van der Waals surface area contributed by atoms with Gasteiger partial charge in [-0.05, 0) is 34.5 Å². The average molecular weight is 359 g/mol. The molecule has 122 valence electrons. The first-order valence-corrected chi connectivity index (χ1v) is 9.55. The van der Waals surface area contributed by atoms with E-state index in [1.807, 2.05) is 10.8 Å². The van der Waals surface area contributed by atoms with Gasteiger partial charge >= 0.3 is 0 Å². The Labute approximate surface area is 143 Å². The first-order valence-electron chi connectivity index (χ1n) is 6.96. The van der Waals surface area contributed by atoms with Gasteiger partial charge in [-0.15, -0.1) is 0 Å². The molecule has 0 aromatic carbocycles. The Kier molecular flexibility index (Phi) is 4.68. The molecule has 8 heteroatoms. The number of rotatable bonds is 5. The van der Waals surface area contributed by atoms with E-state index < -0.39 is 15.9 Å². The monoisotopic (exact) mass is 359 g/mol. The van der Waals surface area contributed by atoms with Crippen LogP contribution in [0.2, 0.25) is 0 Å². The average Bonchev–Trinajstić information content (AvgIpc) is 3.07. The number of hydrogen-bond acceptors (Lipinski definition) is 6. The zero-order chi connectivity index (χ0) is 17.0. The zero-order valence-corrected chi connectivity index (χ0v) is 14.0. The molecule has 6 nitrogen and oxygen atoms in total. The van der Waals surface area contributed by atoms with Gasteiger partial charge in [-0.2, -0.15) is 11.3 Å². The summed E-state index contributed by atoms with van der Waals surface area (Å²) in [5.41, 5.74) is 2.33. The van der Waals surface area contributed by atoms with Crippen molar-refractivity contribution in [2.45, 2.75) is 5.75 Å². The third kappa shape index (κ3) is 4.03. The third-order valence-electron chi connectivity index (χ3n) is 3.18. The molecule has 24 heavy (non-hydrogen) atoms. The summed E-state index contributed by atoms with van der Waals surface area (Å²) in [7, 11) is -3.76. The molecule has 3 rings (SSSR count). The van der Waals surface area contributed by atoms with E-state index in [2.05, 4.69) is 9.97 Å². The smallest absolute Gasteiger partial charge is 0.266 e. The lowest BCUT2D eigenvalue weighted by atomic mass is 10.1. The van der Waals surface area contributed by atoms with Crippen LogP contribution in [0.15, 0.2) is 59.7 Å². The van der Waals surface area contributed by atoms with Crippen LogP contribution in [0.3, 0.4) is 0 Å². The number of carbonyl (C=O) groups is 1. The second-order valence-electron chi connectivity index (χ2n) is 5.00. The van der Waals surface area contributed by atoms with Gasteiger partial charge in [0.2, 0.25) is 10.0 Å². The number of aromatic nitrogens is 2. The van der Waals surface area contributed by atoms with Gasteiger partial charge in [-0.3, -0.25) is 14.8 Å². The van der Waals surface area contributed by atoms with Crippen LogP contribution >= 0.6 is 11.3 Å². The van der Waals surface area contributed by atoms with Gasteiger partial charge in [-0.25, -0.2) is 13.1 Å². The maximum absolute atomic E-state index is 12.1. The van der Waals surface area contributed by atoms with Crippen molar-refractivity contribution in [2.75, 3.05) is 0 Å². The minimum Gasteiger partial charge on any atom is -0.266 e. The van der Waals surface area contributed by atoms with Gasteiger partial charge in [0.05, 0.1) is 5.75 Å². The molecule has 1 amide bonds. The van der Waals surface area contributed by atoms with E-state index >= 15 is 0 Å². The van der Waals surface area contributed by atoms with Crippen molar-refractivity contribution in [3.63, 3.8) is 0 Å². The maximum Gasteiger partial charge on any atom is 0.283 e. The highest BCUT2D eigenvalue weighted by atomic mass is 32.2. The van der Waals surface area contributed by atoms with E-state index in [0.717, 1.165) is 11.1 Å². The van der Waals surface area contributed by atoms with Gasteiger partial charge in [0.15, 0.2) is 0 Å². The number of thiophene rings is 1. The minimum absolute atomic E-state index is 0.0385. The van der Waals surface area contributed by atoms with E-state index in [1.54, 1.807) is 41.4 Å². The van der Waals surface area contributed by atoms with E-state index in [9.17, 15) is 13.2 Å². The molecule has 0 fully saturated rings. The first-order chi connectivity index (χ1) is 11.5. The summed E-state index contributed by atoms with van der Waals surface area (Å²) in [5.74, 6) is -0.987. The summed E-state index contributed by atoms with van der Waals surface area (Å²) in [4.78, 5) is 20.1. The molecule has 3 heterocycles. The van der Waals surface area contributed by atoms with Crippen molar-refractivity contribution in [3.05, 3.63) is 70.9 Å². The van der Waals surface area contributed by atoms with E-state index in [1.165, 1.54) is 23.6 Å². The summed E-state index contributed by atoms with van der Waals surface area (Å²) in [5, 5.41) is 3.51. The fraction of sp³-hybridized carbons (Fsp3) is 0.0625. The molecule has 3 aromatic heterocycles. The second-order valence-corrected chi connectivity index (χ2v) is 7.50. The number of amides is 1. The summed E-state index contributed by atoms with van der Waals surface area (Å²) in [6.07, 6.45) is 4.86. The number of carbonyl (C=O) groups excluding carboxylic acids is 1. The van der Waals surface area contributed by atoms with E-state index in [4.69, 9.17) is 0 Å². The number of hydrogen-bond donors (Lipinski definition) is 1. The molecular weight excluding hydrogens is 346 g/mol. The highest BCUT2D eigenvalue weighted by Crippen LogP contribution is 2.17. The van der Waals surface area contributed by atoms with Gasteiger partial charge in [0, 0.05) is 29.7 Å². The standard InChI is InChI=1S/C16H13N3O3S2/c20-16(19-24(21,22)11-12-5-7-23-10-12)15-4-3-14(9-18-15)13-2-1-6-17-8-13/h1-10H,11H2,(H,19,20). The molecule has 0 aliphatic carbocycles. The van der Waals surface area contributed by atoms with Crippen LogP contribution in [0.5, 0.6) is 0 Å². The topological polar surface area (TPSA) is 89.0 Å². The molecular formula is C16H13N3O3S2. The molecule has 0 bridgehead atoms. The highest BCUT2D eigenvalue weighted by molar-refractivity contribution is 7.89. The summed E-state index contributed by atoms with van der Waals surface area (Å²) < 4.78 is 26.0. The second kappa shape index (κ2) is 6.90. The lowest BCUT2D eigenvalue weighted by Gasteiger charge is -2.06. The van der Waals surface area contributed by atoms with Crippen LogP contribution in [-0.2, 0) is 15.8 Å². The van der Waals surface area contributed by atoms with Crippen molar-refractivity contribution >= 4 is 27.3 Å². The summed E-state index contributed by atoms with van der Waals surface area (Å²) >= 11 is 1.40. The lowest BCUT2D eigenvalue weighted by Crippen LogP contribution is -2.32. The van der Waals surface area contributed by atoms with Crippen LogP contribution in [0.4, 0.5) is 0 Å². The predicted octanol–water partition coefficient (Wildman–Crippen LogP) is 2.46. The number of nitrogens with one attached hydrogen (secondary N) is 1. The Hall–Kier alpha value is -2.58. The number of pyridine rings is 2. The van der Waals surface area contributed by atoms with Gasteiger partial charge in [0.25, 0.3) is 5.91 Å². The minimum atomic E-state index is -3.76. The van der Waals surface area contributed by atoms with E-state index in [0.29, 0.717) is 5.56 Å². The molecule has 0 spiro atoms. The maximum atomic E-state index is 12.1. The number of sulfonamides is 1. The SMILES string of the molecule is O=C(NS(=O)(=O)Cc1ccsc1)c1ccc(-c2cccnc2)cn1. The molecule has 0 aliphatic heterocycles. The van der Waals surface area contributed by atoms with Gasteiger partial charge in [0.1, 0.15) is 5.69 Å². The van der Waals surface area contributed by atoms with Crippen molar-refractivity contribution in [1.82, 2.24) is 14.7 Å². The Bertz CT molecular complexity index is 922. The van der Waals surface area contributed by atoms with Crippen molar-refractivity contribution < 1.29 is 13.2 Å². The number of nitrogens with zero attached hydrogens (tertiary/aromatic N) is 2. The Morgan fingerprint density at radius 3 is 2.58 bits per heavy atom. The third-order valence-corrected chi connectivity index (χ3v) is 5.12. The van der Waals surface area contributed by atoms with Crippen LogP contribution in [0.1, 0.15) is 16.1 Å². The zero-order valence-electron chi connectivity index (χ0n) is 12.4. The summed E-state index contributed by atoms with van der Waals surface area (Å²) in [6.45, 7) is 0. The molecule has 0 radical (unpaired) electrons. The molecule has 0 saturated heterocycles. The normalized spacial score (nSPS) is 11.2. The fourth-order valence-corrected chi connectivity index (χ4v) is 3.91. The molecule has 0 atom stereocenters. The highest BCUT2D eigenvalue weighted by Gasteiger charge is 2.18. The van der Waals surface area contributed by atoms with Gasteiger partial charge in [-0.1, -0.05) is 12.1 Å². The first kappa shape index (κ1) is 16.3. The molecule has 0 aliphatic rings. The molecule has 0 saturated carbocycles. The molecule has 1 N–H and O–H groups in total. The molecule has 3 aromatic rings. The van der Waals surface area contributed by atoms with Crippen LogP contribution in [0.25, 0.3) is 11.1 Å². The summed E-state index contributed by atoms with van der Waals surface area (Å²) in [6, 6.07) is 8.56. The van der Waals surface area contributed by atoms with Crippen molar-refractivity contribution in [1.29, 1.82) is 0 Å². The quantitative estimate of drug-likeness (QED) is 0.756. The fourth-order valence-electron chi connectivity index (χ4n) is 2.06. The van der Waals surface area contributed by atoms with Crippen LogP contribution < -0.4 is 4.72 Å². The van der Waals surface area contributed by atoms with Crippen LogP contribution in [0, 0.1) is 0 Å². The largest absolute Gasteiger partial charge is 0.283 e. The predicted molar refractivity (Wildman–Crippen MR) is 91.9 cm³/mol. The Balaban J connectivity index is 1.71. The van der Waals surface area contributed by atoms with Crippen LogP contribution in [-0.4, -0.2) is 24.3 Å². The Morgan fingerprint density at radius 1 is 1.12 bits per heavy atom. The molecule has 0 unspecified atom stereocenters. The van der Waals surface area contributed by atoms with Gasteiger partial charge < -0.3 is 0 Å².